The van der Waals surface area contributed by atoms with Crippen molar-refractivity contribution in [2.75, 3.05) is 13.2 Å². The van der Waals surface area contributed by atoms with E-state index in [0.29, 0.717) is 22.7 Å². The molecule has 4 aromatic heterocycles. The van der Waals surface area contributed by atoms with E-state index in [1.807, 2.05) is 25.3 Å². The van der Waals surface area contributed by atoms with Gasteiger partial charge in [-0.05, 0) is 24.6 Å². The highest BCUT2D eigenvalue weighted by Gasteiger charge is 2.33. The number of carbonyl (C=O) groups is 1. The summed E-state index contributed by atoms with van der Waals surface area (Å²) >= 11 is 1.26. The zero-order chi connectivity index (χ0) is 22.6. The number of H-pyrrole nitrogens is 1. The first kappa shape index (κ1) is 20.6. The van der Waals surface area contributed by atoms with Gasteiger partial charge in [0.15, 0.2) is 0 Å². The fourth-order valence-corrected chi connectivity index (χ4v) is 5.44. The highest BCUT2D eigenvalue weighted by atomic mass is 32.1. The first-order chi connectivity index (χ1) is 15.4. The van der Waals surface area contributed by atoms with Crippen LogP contribution in [-0.2, 0) is 24.9 Å². The summed E-state index contributed by atoms with van der Waals surface area (Å²) < 4.78 is 2.52. The largest absolute Gasteiger partial charge is 0.389 e. The van der Waals surface area contributed by atoms with Crippen LogP contribution in [0.2, 0.25) is 0 Å². The average Bonchev–Trinajstić information content (AvgIpc) is 3.50. The number of aliphatic hydroxyl groups excluding tert-OH is 1. The minimum absolute atomic E-state index is 0.00887. The van der Waals surface area contributed by atoms with E-state index < -0.39 is 23.3 Å². The van der Waals surface area contributed by atoms with Gasteiger partial charge in [0.2, 0.25) is 0 Å². The summed E-state index contributed by atoms with van der Waals surface area (Å²) in [6.45, 7) is 2.19. The summed E-state index contributed by atoms with van der Waals surface area (Å²) in [4.78, 5) is 53.2. The van der Waals surface area contributed by atoms with Crippen molar-refractivity contribution in [1.82, 2.24) is 24.2 Å². The van der Waals surface area contributed by atoms with Gasteiger partial charge < -0.3 is 10.1 Å². The second-order valence-corrected chi connectivity index (χ2v) is 8.76. The van der Waals surface area contributed by atoms with Gasteiger partial charge in [-0.25, -0.2) is 14.8 Å². The van der Waals surface area contributed by atoms with Crippen molar-refractivity contribution in [3.63, 3.8) is 0 Å². The van der Waals surface area contributed by atoms with E-state index in [0.717, 1.165) is 26.2 Å². The summed E-state index contributed by atoms with van der Waals surface area (Å²) in [5.41, 5.74) is 0.893. The summed E-state index contributed by atoms with van der Waals surface area (Å²) in [6.07, 6.45) is 3.10. The Labute approximate surface area is 185 Å². The van der Waals surface area contributed by atoms with Gasteiger partial charge in [0.1, 0.15) is 23.2 Å². The molecule has 11 heteroatoms. The van der Waals surface area contributed by atoms with E-state index in [1.54, 1.807) is 6.20 Å². The molecule has 5 rings (SSSR count). The molecule has 166 valence electrons. The molecule has 1 amide bonds. The zero-order valence-corrected chi connectivity index (χ0v) is 18.3. The van der Waals surface area contributed by atoms with E-state index in [1.165, 1.54) is 23.0 Å². The second kappa shape index (κ2) is 7.69. The maximum Gasteiger partial charge on any atom is 0.331 e. The third kappa shape index (κ3) is 3.08. The lowest BCUT2D eigenvalue weighted by atomic mass is 10.1. The summed E-state index contributed by atoms with van der Waals surface area (Å²) in [5.74, 6) is -0.501. The van der Waals surface area contributed by atoms with Crippen LogP contribution in [0, 0.1) is 0 Å². The molecule has 0 bridgehead atoms. The number of hydroxylamine groups is 2. The molecule has 1 saturated heterocycles. The Bertz CT molecular complexity index is 1480. The molecule has 0 spiro atoms. The highest BCUT2D eigenvalue weighted by Crippen LogP contribution is 2.33. The normalized spacial score (nSPS) is 16.5. The SMILES string of the molecule is CCn1c(=O)n(C)c(=O)c2c(C(=O)N3C[C@H](O)CO3)c(Cc3c[nH]c4ncccc34)sc21. The van der Waals surface area contributed by atoms with Crippen molar-refractivity contribution in [2.45, 2.75) is 26.0 Å². The van der Waals surface area contributed by atoms with Gasteiger partial charge in [-0.2, -0.15) is 0 Å². The number of thiophene rings is 1. The fraction of sp³-hybridized carbons (Fsp3) is 0.333. The molecule has 0 radical (unpaired) electrons. The van der Waals surface area contributed by atoms with Crippen LogP contribution >= 0.6 is 11.3 Å². The molecule has 5 heterocycles. The van der Waals surface area contributed by atoms with Crippen molar-refractivity contribution in [3.8, 4) is 0 Å². The molecule has 1 aliphatic rings. The number of hydrogen-bond acceptors (Lipinski definition) is 7. The number of rotatable bonds is 4. The topological polar surface area (TPSA) is 122 Å². The number of nitrogens with zero attached hydrogens (tertiary/aromatic N) is 4. The van der Waals surface area contributed by atoms with E-state index in [2.05, 4.69) is 9.97 Å². The molecule has 0 saturated carbocycles. The predicted octanol–water partition coefficient (Wildman–Crippen LogP) is 0.997. The maximum atomic E-state index is 13.5. The Morgan fingerprint density at radius 3 is 2.94 bits per heavy atom. The molecule has 32 heavy (non-hydrogen) atoms. The predicted molar refractivity (Wildman–Crippen MR) is 119 cm³/mol. The van der Waals surface area contributed by atoms with E-state index in [4.69, 9.17) is 4.84 Å². The fourth-order valence-electron chi connectivity index (χ4n) is 4.08. The average molecular weight is 455 g/mol. The molecule has 1 atom stereocenters. The number of pyridine rings is 1. The minimum atomic E-state index is -0.788. The number of fused-ring (bicyclic) bond motifs is 2. The number of aliphatic hydroxyl groups is 1. The van der Waals surface area contributed by atoms with Gasteiger partial charge in [-0.1, -0.05) is 0 Å². The van der Waals surface area contributed by atoms with Crippen molar-refractivity contribution < 1.29 is 14.7 Å². The summed E-state index contributed by atoms with van der Waals surface area (Å²) in [6, 6.07) is 3.77. The van der Waals surface area contributed by atoms with E-state index >= 15 is 0 Å². The number of aromatic nitrogens is 4. The molecule has 0 unspecified atom stereocenters. The van der Waals surface area contributed by atoms with Crippen LogP contribution in [0.15, 0.2) is 34.1 Å². The van der Waals surface area contributed by atoms with Crippen LogP contribution in [0.5, 0.6) is 0 Å². The standard InChI is InChI=1S/C21H21N5O5S/c1-3-25-20-16(18(28)24(2)21(25)30)15(19(29)26-9-12(27)10-31-26)14(32-20)7-11-8-23-17-13(11)5-4-6-22-17/h4-6,8,12,27H,3,7,9-10H2,1-2H3,(H,22,23)/t12-/m0/s1. The van der Waals surface area contributed by atoms with Crippen molar-refractivity contribution in [1.29, 1.82) is 0 Å². The Morgan fingerprint density at radius 2 is 2.22 bits per heavy atom. The Morgan fingerprint density at radius 1 is 1.41 bits per heavy atom. The number of nitrogens with one attached hydrogen (secondary N) is 1. The van der Waals surface area contributed by atoms with Gasteiger partial charge >= 0.3 is 5.69 Å². The molecular weight excluding hydrogens is 434 g/mol. The van der Waals surface area contributed by atoms with Crippen molar-refractivity contribution >= 4 is 38.5 Å². The Kier molecular flexibility index (Phi) is 4.96. The van der Waals surface area contributed by atoms with Crippen LogP contribution in [0.4, 0.5) is 0 Å². The van der Waals surface area contributed by atoms with Gasteiger partial charge in [-0.15, -0.1) is 11.3 Å². The third-order valence-electron chi connectivity index (χ3n) is 5.69. The van der Waals surface area contributed by atoms with Gasteiger partial charge in [-0.3, -0.25) is 23.6 Å². The number of aryl methyl sites for hydroxylation is 1. The zero-order valence-electron chi connectivity index (χ0n) is 17.5. The molecule has 1 aliphatic heterocycles. The van der Waals surface area contributed by atoms with Crippen LogP contribution in [0.25, 0.3) is 21.3 Å². The quantitative estimate of drug-likeness (QED) is 0.473. The van der Waals surface area contributed by atoms with E-state index in [9.17, 15) is 19.5 Å². The van der Waals surface area contributed by atoms with Gasteiger partial charge in [0, 0.05) is 42.7 Å². The lowest BCUT2D eigenvalue weighted by Crippen LogP contribution is -2.38. The molecule has 1 fully saturated rings. The summed E-state index contributed by atoms with van der Waals surface area (Å²) in [5, 5.41) is 12.0. The highest BCUT2D eigenvalue weighted by molar-refractivity contribution is 7.19. The lowest BCUT2D eigenvalue weighted by Gasteiger charge is -2.15. The Hall–Kier alpha value is -3.28. The smallest absolute Gasteiger partial charge is 0.331 e. The number of hydrogen-bond donors (Lipinski definition) is 2. The first-order valence-electron chi connectivity index (χ1n) is 10.2. The number of β-amino-alcohol motifs (C(OH)–C–C–N with tert-alkyl or cyclic N) is 1. The first-order valence-corrected chi connectivity index (χ1v) is 11.0. The number of aromatic amines is 1. The number of amides is 1. The molecular formula is C21H21N5O5S. The third-order valence-corrected chi connectivity index (χ3v) is 6.90. The van der Waals surface area contributed by atoms with Gasteiger partial charge in [0.25, 0.3) is 11.5 Å². The summed E-state index contributed by atoms with van der Waals surface area (Å²) in [7, 11) is 1.41. The molecule has 0 aromatic carbocycles. The lowest BCUT2D eigenvalue weighted by molar-refractivity contribution is -0.0778. The second-order valence-electron chi connectivity index (χ2n) is 7.68. The molecule has 4 aromatic rings. The van der Waals surface area contributed by atoms with Crippen LogP contribution in [-0.4, -0.2) is 54.4 Å². The van der Waals surface area contributed by atoms with Crippen molar-refractivity contribution in [3.05, 3.63) is 61.4 Å². The maximum absolute atomic E-state index is 13.5. The molecule has 0 aliphatic carbocycles. The molecule has 10 nitrogen and oxygen atoms in total. The number of carbonyl (C=O) groups excluding carboxylic acids is 1. The van der Waals surface area contributed by atoms with Gasteiger partial charge in [0.05, 0.1) is 17.5 Å². The monoisotopic (exact) mass is 455 g/mol. The van der Waals surface area contributed by atoms with Crippen molar-refractivity contribution in [2.24, 2.45) is 7.05 Å². The van der Waals surface area contributed by atoms with E-state index in [-0.39, 0.29) is 24.1 Å². The van der Waals surface area contributed by atoms with Crippen LogP contribution in [0.1, 0.15) is 27.7 Å². The minimum Gasteiger partial charge on any atom is -0.389 e. The molecule has 2 N–H and O–H groups in total. The van der Waals surface area contributed by atoms with Crippen LogP contribution < -0.4 is 11.2 Å². The Balaban J connectivity index is 1.76. The van der Waals surface area contributed by atoms with Crippen LogP contribution in [0.3, 0.4) is 0 Å².